The average Bonchev–Trinajstić information content (AvgIpc) is 2.56. The third-order valence-electron chi connectivity index (χ3n) is 2.80. The predicted octanol–water partition coefficient (Wildman–Crippen LogP) is 1.89. The van der Waals surface area contributed by atoms with Crippen molar-refractivity contribution in [2.75, 3.05) is 6.61 Å². The van der Waals surface area contributed by atoms with E-state index in [-0.39, 0.29) is 5.92 Å². The lowest BCUT2D eigenvalue weighted by molar-refractivity contribution is -0.0818. The summed E-state index contributed by atoms with van der Waals surface area (Å²) in [5.74, 6) is 0.276. The van der Waals surface area contributed by atoms with Crippen molar-refractivity contribution in [3.63, 3.8) is 0 Å². The Hall–Kier alpha value is -0.860. The van der Waals surface area contributed by atoms with E-state index in [1.807, 2.05) is 0 Å². The van der Waals surface area contributed by atoms with Crippen molar-refractivity contribution < 1.29 is 9.84 Å². The molecule has 1 heterocycles. The second-order valence-electron chi connectivity index (χ2n) is 4.00. The second-order valence-corrected chi connectivity index (χ2v) is 4.00. The van der Waals surface area contributed by atoms with Crippen LogP contribution in [-0.2, 0) is 11.2 Å². The SMILES string of the molecule is Cc1ccc(CC2CCOC2O)cc1. The molecule has 1 aliphatic heterocycles. The van der Waals surface area contributed by atoms with Crippen LogP contribution in [0.2, 0.25) is 0 Å². The van der Waals surface area contributed by atoms with Gasteiger partial charge in [-0.2, -0.15) is 0 Å². The molecule has 1 saturated heterocycles. The normalized spacial score (nSPS) is 26.7. The van der Waals surface area contributed by atoms with E-state index in [0.29, 0.717) is 6.61 Å². The second kappa shape index (κ2) is 4.11. The zero-order valence-corrected chi connectivity index (χ0v) is 8.44. The van der Waals surface area contributed by atoms with E-state index < -0.39 is 6.29 Å². The Morgan fingerprint density at radius 1 is 1.36 bits per heavy atom. The molecular weight excluding hydrogens is 176 g/mol. The monoisotopic (exact) mass is 192 g/mol. The first-order valence-electron chi connectivity index (χ1n) is 5.11. The van der Waals surface area contributed by atoms with Crippen LogP contribution in [-0.4, -0.2) is 18.0 Å². The third-order valence-corrected chi connectivity index (χ3v) is 2.80. The topological polar surface area (TPSA) is 29.5 Å². The fraction of sp³-hybridized carbons (Fsp3) is 0.500. The van der Waals surface area contributed by atoms with Crippen LogP contribution in [0.15, 0.2) is 24.3 Å². The van der Waals surface area contributed by atoms with Gasteiger partial charge in [-0.3, -0.25) is 0 Å². The number of hydrogen-bond donors (Lipinski definition) is 1. The molecule has 14 heavy (non-hydrogen) atoms. The van der Waals surface area contributed by atoms with Crippen LogP contribution in [0, 0.1) is 12.8 Å². The van der Waals surface area contributed by atoms with E-state index in [1.165, 1.54) is 11.1 Å². The van der Waals surface area contributed by atoms with E-state index in [4.69, 9.17) is 4.74 Å². The minimum atomic E-state index is -0.559. The molecule has 0 amide bonds. The van der Waals surface area contributed by atoms with Gasteiger partial charge in [0.25, 0.3) is 0 Å². The van der Waals surface area contributed by atoms with Gasteiger partial charge in [0.05, 0.1) is 6.61 Å². The van der Waals surface area contributed by atoms with Crippen LogP contribution in [0.25, 0.3) is 0 Å². The van der Waals surface area contributed by atoms with Gasteiger partial charge >= 0.3 is 0 Å². The van der Waals surface area contributed by atoms with Gasteiger partial charge in [0.15, 0.2) is 6.29 Å². The molecule has 2 rings (SSSR count). The van der Waals surface area contributed by atoms with Gasteiger partial charge in [0, 0.05) is 5.92 Å². The number of aliphatic hydroxyl groups excluding tert-OH is 1. The number of rotatable bonds is 2. The molecule has 1 fully saturated rings. The van der Waals surface area contributed by atoms with Crippen molar-refractivity contribution in [2.24, 2.45) is 5.92 Å². The highest BCUT2D eigenvalue weighted by Gasteiger charge is 2.25. The highest BCUT2D eigenvalue weighted by atomic mass is 16.6. The number of hydrogen-bond acceptors (Lipinski definition) is 2. The van der Waals surface area contributed by atoms with Gasteiger partial charge in [-0.15, -0.1) is 0 Å². The van der Waals surface area contributed by atoms with Crippen LogP contribution in [0.1, 0.15) is 17.5 Å². The Labute approximate surface area is 84.5 Å². The van der Waals surface area contributed by atoms with Crippen LogP contribution in [0.3, 0.4) is 0 Å². The van der Waals surface area contributed by atoms with Crippen LogP contribution < -0.4 is 0 Å². The van der Waals surface area contributed by atoms with Gasteiger partial charge in [-0.1, -0.05) is 29.8 Å². The average molecular weight is 192 g/mol. The molecule has 0 radical (unpaired) electrons. The molecule has 1 aromatic rings. The summed E-state index contributed by atoms with van der Waals surface area (Å²) < 4.78 is 5.12. The number of aryl methyl sites for hydroxylation is 1. The Morgan fingerprint density at radius 3 is 2.64 bits per heavy atom. The molecule has 1 aliphatic rings. The van der Waals surface area contributed by atoms with Crippen molar-refractivity contribution in [1.29, 1.82) is 0 Å². The maximum Gasteiger partial charge on any atom is 0.157 e. The van der Waals surface area contributed by atoms with Gasteiger partial charge in [-0.25, -0.2) is 0 Å². The third kappa shape index (κ3) is 2.14. The van der Waals surface area contributed by atoms with E-state index in [1.54, 1.807) is 0 Å². The summed E-state index contributed by atoms with van der Waals surface area (Å²) in [4.78, 5) is 0. The minimum Gasteiger partial charge on any atom is -0.368 e. The summed E-state index contributed by atoms with van der Waals surface area (Å²) in [5, 5.41) is 9.48. The highest BCUT2D eigenvalue weighted by molar-refractivity contribution is 5.21. The molecule has 0 spiro atoms. The first-order chi connectivity index (χ1) is 6.75. The molecule has 76 valence electrons. The van der Waals surface area contributed by atoms with Crippen molar-refractivity contribution >= 4 is 0 Å². The van der Waals surface area contributed by atoms with Crippen LogP contribution in [0.4, 0.5) is 0 Å². The molecule has 2 unspecified atom stereocenters. The predicted molar refractivity (Wildman–Crippen MR) is 54.9 cm³/mol. The lowest BCUT2D eigenvalue weighted by Crippen LogP contribution is -2.16. The zero-order chi connectivity index (χ0) is 9.97. The van der Waals surface area contributed by atoms with Crippen LogP contribution >= 0.6 is 0 Å². The molecule has 0 aromatic heterocycles. The smallest absolute Gasteiger partial charge is 0.157 e. The van der Waals surface area contributed by atoms with Crippen molar-refractivity contribution in [1.82, 2.24) is 0 Å². The number of benzene rings is 1. The van der Waals surface area contributed by atoms with Crippen molar-refractivity contribution in [3.8, 4) is 0 Å². The largest absolute Gasteiger partial charge is 0.368 e. The highest BCUT2D eigenvalue weighted by Crippen LogP contribution is 2.23. The summed E-state index contributed by atoms with van der Waals surface area (Å²) in [6.45, 7) is 2.77. The summed E-state index contributed by atoms with van der Waals surface area (Å²) >= 11 is 0. The van der Waals surface area contributed by atoms with E-state index in [9.17, 15) is 5.11 Å². The summed E-state index contributed by atoms with van der Waals surface area (Å²) in [6.07, 6.45) is 1.33. The summed E-state index contributed by atoms with van der Waals surface area (Å²) in [6, 6.07) is 8.47. The van der Waals surface area contributed by atoms with Crippen LogP contribution in [0.5, 0.6) is 0 Å². The fourth-order valence-electron chi connectivity index (χ4n) is 1.85. The van der Waals surface area contributed by atoms with Gasteiger partial charge in [0.2, 0.25) is 0 Å². The molecule has 1 aromatic carbocycles. The van der Waals surface area contributed by atoms with E-state index in [0.717, 1.165) is 12.8 Å². The summed E-state index contributed by atoms with van der Waals surface area (Å²) in [7, 11) is 0. The quantitative estimate of drug-likeness (QED) is 0.775. The Morgan fingerprint density at radius 2 is 2.07 bits per heavy atom. The van der Waals surface area contributed by atoms with Crippen molar-refractivity contribution in [3.05, 3.63) is 35.4 Å². The molecule has 2 nitrogen and oxygen atoms in total. The van der Waals surface area contributed by atoms with E-state index >= 15 is 0 Å². The van der Waals surface area contributed by atoms with Gasteiger partial charge < -0.3 is 9.84 Å². The maximum absolute atomic E-state index is 9.48. The van der Waals surface area contributed by atoms with Gasteiger partial charge in [0.1, 0.15) is 0 Å². The minimum absolute atomic E-state index is 0.276. The molecule has 1 N–H and O–H groups in total. The molecule has 0 saturated carbocycles. The lowest BCUT2D eigenvalue weighted by atomic mass is 9.97. The van der Waals surface area contributed by atoms with Crippen molar-refractivity contribution in [2.45, 2.75) is 26.1 Å². The molecule has 0 bridgehead atoms. The fourth-order valence-corrected chi connectivity index (χ4v) is 1.85. The standard InChI is InChI=1S/C12H16O2/c1-9-2-4-10(5-3-9)8-11-6-7-14-12(11)13/h2-5,11-13H,6-8H2,1H3. The molecule has 2 atom stereocenters. The number of ether oxygens (including phenoxy) is 1. The molecule has 2 heteroatoms. The Balaban J connectivity index is 2.00. The molecule has 0 aliphatic carbocycles. The maximum atomic E-state index is 9.48. The zero-order valence-electron chi connectivity index (χ0n) is 8.44. The first-order valence-corrected chi connectivity index (χ1v) is 5.11. The Kier molecular flexibility index (Phi) is 2.85. The molecular formula is C12H16O2. The first kappa shape index (κ1) is 9.69. The number of aliphatic hydroxyl groups is 1. The Bertz CT molecular complexity index is 292. The van der Waals surface area contributed by atoms with Gasteiger partial charge in [-0.05, 0) is 25.3 Å². The summed E-state index contributed by atoms with van der Waals surface area (Å²) in [5.41, 5.74) is 2.56. The lowest BCUT2D eigenvalue weighted by Gasteiger charge is -2.12. The van der Waals surface area contributed by atoms with E-state index in [2.05, 4.69) is 31.2 Å².